The molecule has 0 spiro atoms. The molecule has 1 aliphatic carbocycles. The summed E-state index contributed by atoms with van der Waals surface area (Å²) >= 11 is 0. The van der Waals surface area contributed by atoms with Crippen molar-refractivity contribution in [3.05, 3.63) is 35.4 Å². The molecule has 17 heavy (non-hydrogen) atoms. The topological polar surface area (TPSA) is 12.0 Å². The van der Waals surface area contributed by atoms with Crippen LogP contribution in [0, 0.1) is 11.6 Å². The molecule has 1 fully saturated rings. The fourth-order valence-electron chi connectivity index (χ4n) is 2.63. The molecule has 0 amide bonds. The Balaban J connectivity index is 1.99. The molecule has 2 unspecified atom stereocenters. The van der Waals surface area contributed by atoms with Gasteiger partial charge in [0.25, 0.3) is 0 Å². The van der Waals surface area contributed by atoms with E-state index in [0.29, 0.717) is 12.0 Å². The molecule has 1 nitrogen and oxygen atoms in total. The highest BCUT2D eigenvalue weighted by Gasteiger charge is 2.25. The first-order valence-electron chi connectivity index (χ1n) is 6.38. The fourth-order valence-corrected chi connectivity index (χ4v) is 2.63. The monoisotopic (exact) mass is 239 g/mol. The summed E-state index contributed by atoms with van der Waals surface area (Å²) in [5.41, 5.74) is 0.809. The lowest BCUT2D eigenvalue weighted by molar-refractivity contribution is 0.515. The predicted octanol–water partition coefficient (Wildman–Crippen LogP) is 3.60. The molecule has 1 N–H and O–H groups in total. The van der Waals surface area contributed by atoms with Gasteiger partial charge in [0, 0.05) is 12.1 Å². The zero-order valence-corrected chi connectivity index (χ0v) is 10.2. The van der Waals surface area contributed by atoms with Crippen LogP contribution in [0.15, 0.2) is 18.2 Å². The van der Waals surface area contributed by atoms with Crippen molar-refractivity contribution in [2.24, 2.45) is 0 Å². The molecule has 1 aromatic carbocycles. The maximum Gasteiger partial charge on any atom is 0.126 e. The van der Waals surface area contributed by atoms with Crippen LogP contribution in [0.5, 0.6) is 0 Å². The Morgan fingerprint density at radius 3 is 2.53 bits per heavy atom. The van der Waals surface area contributed by atoms with Crippen LogP contribution >= 0.6 is 0 Å². The third-order valence-electron chi connectivity index (χ3n) is 3.47. The van der Waals surface area contributed by atoms with Crippen LogP contribution in [-0.2, 0) is 0 Å². The van der Waals surface area contributed by atoms with E-state index in [9.17, 15) is 8.78 Å². The number of hydrogen-bond donors (Lipinski definition) is 1. The average Bonchev–Trinajstić information content (AvgIpc) is 2.73. The first-order valence-corrected chi connectivity index (χ1v) is 6.38. The van der Waals surface area contributed by atoms with Gasteiger partial charge >= 0.3 is 0 Å². The van der Waals surface area contributed by atoms with Gasteiger partial charge in [-0.1, -0.05) is 6.92 Å². The molecule has 0 radical (unpaired) electrons. The summed E-state index contributed by atoms with van der Waals surface area (Å²) in [6.45, 7) is 3.16. The molecule has 0 saturated heterocycles. The van der Waals surface area contributed by atoms with Crippen molar-refractivity contribution in [1.82, 2.24) is 5.32 Å². The molecular weight excluding hydrogens is 220 g/mol. The summed E-state index contributed by atoms with van der Waals surface area (Å²) in [7, 11) is 0. The largest absolute Gasteiger partial charge is 0.314 e. The van der Waals surface area contributed by atoms with Gasteiger partial charge in [-0.05, 0) is 55.8 Å². The molecule has 3 heteroatoms. The average molecular weight is 239 g/mol. The Labute approximate surface area is 101 Å². The van der Waals surface area contributed by atoms with Crippen molar-refractivity contribution in [2.45, 2.75) is 44.6 Å². The van der Waals surface area contributed by atoms with Crippen LogP contribution in [0.4, 0.5) is 8.78 Å². The predicted molar refractivity (Wildman–Crippen MR) is 65.0 cm³/mol. The number of nitrogens with one attached hydrogen (secondary N) is 1. The summed E-state index contributed by atoms with van der Waals surface area (Å²) in [6.07, 6.45) is 4.23. The molecule has 0 aliphatic heterocycles. The molecule has 0 heterocycles. The van der Waals surface area contributed by atoms with Crippen molar-refractivity contribution in [2.75, 3.05) is 6.54 Å². The van der Waals surface area contributed by atoms with E-state index < -0.39 is 11.6 Å². The molecular formula is C14H19F2N. The standard InChI is InChI=1S/C14H19F2N/c1-2-5-17-14-4-3-10(8-14)11-6-12(15)9-13(16)7-11/h6-7,9-10,14,17H,2-5,8H2,1H3. The lowest BCUT2D eigenvalue weighted by atomic mass is 9.97. The van der Waals surface area contributed by atoms with Crippen LogP contribution in [0.2, 0.25) is 0 Å². The van der Waals surface area contributed by atoms with E-state index in [0.717, 1.165) is 43.9 Å². The van der Waals surface area contributed by atoms with Crippen LogP contribution in [0.3, 0.4) is 0 Å². The fraction of sp³-hybridized carbons (Fsp3) is 0.571. The molecule has 2 atom stereocenters. The molecule has 1 aromatic rings. The van der Waals surface area contributed by atoms with Crippen molar-refractivity contribution in [3.63, 3.8) is 0 Å². The van der Waals surface area contributed by atoms with Crippen LogP contribution < -0.4 is 5.32 Å². The Bertz CT molecular complexity index is 358. The van der Waals surface area contributed by atoms with Gasteiger partial charge in [0.05, 0.1) is 0 Å². The number of halogens is 2. The van der Waals surface area contributed by atoms with Gasteiger partial charge in [0.1, 0.15) is 11.6 Å². The Morgan fingerprint density at radius 1 is 1.18 bits per heavy atom. The first-order chi connectivity index (χ1) is 8.19. The normalized spacial score (nSPS) is 24.2. The Morgan fingerprint density at radius 2 is 1.88 bits per heavy atom. The van der Waals surface area contributed by atoms with Crippen LogP contribution in [-0.4, -0.2) is 12.6 Å². The minimum atomic E-state index is -0.468. The Hall–Kier alpha value is -0.960. The van der Waals surface area contributed by atoms with E-state index in [4.69, 9.17) is 0 Å². The minimum Gasteiger partial charge on any atom is -0.314 e. The number of benzene rings is 1. The van der Waals surface area contributed by atoms with Gasteiger partial charge in [-0.15, -0.1) is 0 Å². The van der Waals surface area contributed by atoms with Gasteiger partial charge in [0.2, 0.25) is 0 Å². The smallest absolute Gasteiger partial charge is 0.126 e. The van der Waals surface area contributed by atoms with E-state index in [1.165, 1.54) is 12.1 Å². The minimum absolute atomic E-state index is 0.301. The van der Waals surface area contributed by atoms with Crippen LogP contribution in [0.25, 0.3) is 0 Å². The first kappa shape index (κ1) is 12.5. The third kappa shape index (κ3) is 3.25. The molecule has 0 aromatic heterocycles. The van der Waals surface area contributed by atoms with Gasteiger partial charge < -0.3 is 5.32 Å². The van der Waals surface area contributed by atoms with E-state index in [2.05, 4.69) is 12.2 Å². The second-order valence-electron chi connectivity index (χ2n) is 4.86. The van der Waals surface area contributed by atoms with E-state index >= 15 is 0 Å². The molecule has 0 bridgehead atoms. The highest BCUT2D eigenvalue weighted by molar-refractivity contribution is 5.23. The van der Waals surface area contributed by atoms with Crippen molar-refractivity contribution in [3.8, 4) is 0 Å². The maximum absolute atomic E-state index is 13.1. The highest BCUT2D eigenvalue weighted by atomic mass is 19.1. The molecule has 2 rings (SSSR count). The summed E-state index contributed by atoms with van der Waals surface area (Å²) in [6, 6.07) is 4.38. The highest BCUT2D eigenvalue weighted by Crippen LogP contribution is 2.35. The SMILES string of the molecule is CCCNC1CCC(c2cc(F)cc(F)c2)C1. The third-order valence-corrected chi connectivity index (χ3v) is 3.47. The molecule has 1 aliphatic rings. The lowest BCUT2D eigenvalue weighted by Crippen LogP contribution is -2.26. The van der Waals surface area contributed by atoms with Gasteiger partial charge in [-0.3, -0.25) is 0 Å². The van der Waals surface area contributed by atoms with Gasteiger partial charge in [-0.2, -0.15) is 0 Å². The quantitative estimate of drug-likeness (QED) is 0.846. The zero-order chi connectivity index (χ0) is 12.3. The number of hydrogen-bond acceptors (Lipinski definition) is 1. The van der Waals surface area contributed by atoms with Crippen molar-refractivity contribution >= 4 is 0 Å². The van der Waals surface area contributed by atoms with Crippen molar-refractivity contribution < 1.29 is 8.78 Å². The van der Waals surface area contributed by atoms with Crippen LogP contribution in [0.1, 0.15) is 44.1 Å². The zero-order valence-electron chi connectivity index (χ0n) is 10.2. The summed E-state index contributed by atoms with van der Waals surface area (Å²) < 4.78 is 26.3. The molecule has 1 saturated carbocycles. The molecule has 94 valence electrons. The number of rotatable bonds is 4. The van der Waals surface area contributed by atoms with E-state index in [1.54, 1.807) is 0 Å². The Kier molecular flexibility index (Phi) is 4.11. The van der Waals surface area contributed by atoms with Gasteiger partial charge in [-0.25, -0.2) is 8.78 Å². The lowest BCUT2D eigenvalue weighted by Gasteiger charge is -2.13. The van der Waals surface area contributed by atoms with Crippen molar-refractivity contribution in [1.29, 1.82) is 0 Å². The second kappa shape index (κ2) is 5.58. The van der Waals surface area contributed by atoms with E-state index in [1.807, 2.05) is 0 Å². The summed E-state index contributed by atoms with van der Waals surface area (Å²) in [4.78, 5) is 0. The van der Waals surface area contributed by atoms with Gasteiger partial charge in [0.15, 0.2) is 0 Å². The summed E-state index contributed by atoms with van der Waals surface area (Å²) in [5, 5.41) is 3.47. The maximum atomic E-state index is 13.1. The summed E-state index contributed by atoms with van der Waals surface area (Å²) in [5.74, 6) is -0.635. The second-order valence-corrected chi connectivity index (χ2v) is 4.86. The van der Waals surface area contributed by atoms with E-state index in [-0.39, 0.29) is 0 Å².